The molecule has 14 heavy (non-hydrogen) atoms. The molecule has 2 aliphatic rings. The van der Waals surface area contributed by atoms with Crippen molar-refractivity contribution in [2.45, 2.75) is 64.3 Å². The summed E-state index contributed by atoms with van der Waals surface area (Å²) >= 11 is 0. The summed E-state index contributed by atoms with van der Waals surface area (Å²) in [6.07, 6.45) is 9.92. The highest BCUT2D eigenvalue weighted by atomic mass is 16.1. The number of rotatable bonds is 2. The van der Waals surface area contributed by atoms with Crippen molar-refractivity contribution >= 4 is 5.91 Å². The van der Waals surface area contributed by atoms with Gasteiger partial charge >= 0.3 is 0 Å². The number of carbonyl (C=O) groups excluding carboxylic acids is 1. The van der Waals surface area contributed by atoms with Gasteiger partial charge in [-0.3, -0.25) is 4.79 Å². The van der Waals surface area contributed by atoms with Crippen molar-refractivity contribution in [1.29, 1.82) is 0 Å². The second kappa shape index (κ2) is 3.92. The van der Waals surface area contributed by atoms with Crippen LogP contribution in [0.3, 0.4) is 0 Å². The molecular weight excluding hydrogens is 174 g/mol. The molecule has 1 N–H and O–H groups in total. The summed E-state index contributed by atoms with van der Waals surface area (Å²) in [5.74, 6) is 0.259. The van der Waals surface area contributed by atoms with Crippen molar-refractivity contribution in [3.63, 3.8) is 0 Å². The molecule has 2 heteroatoms. The molecule has 0 spiro atoms. The van der Waals surface area contributed by atoms with E-state index in [0.717, 1.165) is 12.8 Å². The van der Waals surface area contributed by atoms with Crippen LogP contribution in [0.15, 0.2) is 0 Å². The van der Waals surface area contributed by atoms with Crippen LogP contribution >= 0.6 is 0 Å². The average Bonchev–Trinajstić information content (AvgIpc) is 2.51. The van der Waals surface area contributed by atoms with Gasteiger partial charge in [0.25, 0.3) is 0 Å². The number of amides is 1. The van der Waals surface area contributed by atoms with Crippen molar-refractivity contribution in [3.8, 4) is 0 Å². The second-order valence-electron chi connectivity index (χ2n) is 5.38. The quantitative estimate of drug-likeness (QED) is 0.721. The van der Waals surface area contributed by atoms with Crippen molar-refractivity contribution in [2.75, 3.05) is 0 Å². The molecule has 0 bridgehead atoms. The number of hydrogen-bond acceptors (Lipinski definition) is 1. The first kappa shape index (κ1) is 10.0. The van der Waals surface area contributed by atoms with Gasteiger partial charge in [0.2, 0.25) is 5.91 Å². The van der Waals surface area contributed by atoms with Crippen LogP contribution < -0.4 is 5.32 Å². The Balaban J connectivity index is 1.86. The van der Waals surface area contributed by atoms with E-state index >= 15 is 0 Å². The zero-order chi connectivity index (χ0) is 10.0. The first-order valence-corrected chi connectivity index (χ1v) is 5.97. The SMILES string of the molecule is CC1(CC2CCC(=O)N2)CCCCC1. The average molecular weight is 195 g/mol. The summed E-state index contributed by atoms with van der Waals surface area (Å²) in [5.41, 5.74) is 0.514. The van der Waals surface area contributed by atoms with E-state index in [-0.39, 0.29) is 5.91 Å². The van der Waals surface area contributed by atoms with Gasteiger partial charge < -0.3 is 5.32 Å². The van der Waals surface area contributed by atoms with Gasteiger partial charge in [-0.25, -0.2) is 0 Å². The molecule has 1 atom stereocenters. The Hall–Kier alpha value is -0.530. The smallest absolute Gasteiger partial charge is 0.220 e. The zero-order valence-electron chi connectivity index (χ0n) is 9.14. The largest absolute Gasteiger partial charge is 0.353 e. The Bertz CT molecular complexity index is 218. The molecule has 2 fully saturated rings. The summed E-state index contributed by atoms with van der Waals surface area (Å²) in [4.78, 5) is 11.1. The third-order valence-electron chi connectivity index (χ3n) is 3.88. The topological polar surface area (TPSA) is 29.1 Å². The third kappa shape index (κ3) is 2.28. The number of hydrogen-bond donors (Lipinski definition) is 1. The van der Waals surface area contributed by atoms with Gasteiger partial charge in [0, 0.05) is 12.5 Å². The molecule has 0 aromatic carbocycles. The third-order valence-corrected chi connectivity index (χ3v) is 3.88. The van der Waals surface area contributed by atoms with E-state index in [1.54, 1.807) is 0 Å². The van der Waals surface area contributed by atoms with E-state index < -0.39 is 0 Å². The van der Waals surface area contributed by atoms with Gasteiger partial charge in [-0.05, 0) is 31.1 Å². The highest BCUT2D eigenvalue weighted by molar-refractivity contribution is 5.78. The van der Waals surface area contributed by atoms with E-state index in [4.69, 9.17) is 0 Å². The summed E-state index contributed by atoms with van der Waals surface area (Å²) in [5, 5.41) is 3.09. The molecule has 1 aliphatic heterocycles. The van der Waals surface area contributed by atoms with Crippen molar-refractivity contribution in [1.82, 2.24) is 5.32 Å². The van der Waals surface area contributed by atoms with Gasteiger partial charge in [0.1, 0.15) is 0 Å². The van der Waals surface area contributed by atoms with Crippen LogP contribution in [0, 0.1) is 5.41 Å². The maximum absolute atomic E-state index is 11.1. The molecule has 1 aliphatic carbocycles. The van der Waals surface area contributed by atoms with Gasteiger partial charge in [-0.2, -0.15) is 0 Å². The van der Waals surface area contributed by atoms with Crippen molar-refractivity contribution in [3.05, 3.63) is 0 Å². The summed E-state index contributed by atoms with van der Waals surface area (Å²) in [6.45, 7) is 2.40. The molecule has 1 heterocycles. The Morgan fingerprint density at radius 2 is 2.07 bits per heavy atom. The van der Waals surface area contributed by atoms with E-state index in [2.05, 4.69) is 12.2 Å². The zero-order valence-corrected chi connectivity index (χ0v) is 9.14. The lowest BCUT2D eigenvalue weighted by Gasteiger charge is -2.35. The van der Waals surface area contributed by atoms with Crippen LogP contribution in [-0.2, 0) is 4.79 Å². The highest BCUT2D eigenvalue weighted by Gasteiger charge is 2.32. The number of carbonyl (C=O) groups is 1. The Kier molecular flexibility index (Phi) is 2.80. The minimum Gasteiger partial charge on any atom is -0.353 e. The Labute approximate surface area is 86.5 Å². The van der Waals surface area contributed by atoms with Crippen LogP contribution in [0.4, 0.5) is 0 Å². The van der Waals surface area contributed by atoms with Crippen molar-refractivity contribution in [2.24, 2.45) is 5.41 Å². The molecule has 80 valence electrons. The first-order valence-electron chi connectivity index (χ1n) is 5.97. The fourth-order valence-corrected chi connectivity index (χ4v) is 3.03. The predicted molar refractivity (Wildman–Crippen MR) is 57.0 cm³/mol. The molecule has 1 saturated heterocycles. The van der Waals surface area contributed by atoms with E-state index in [0.29, 0.717) is 11.5 Å². The molecular formula is C12H21NO. The van der Waals surface area contributed by atoms with Gasteiger partial charge in [-0.15, -0.1) is 0 Å². The Morgan fingerprint density at radius 1 is 1.36 bits per heavy atom. The standard InChI is InChI=1S/C12H21NO/c1-12(7-3-2-4-8-12)9-10-5-6-11(14)13-10/h10H,2-9H2,1H3,(H,13,14). The molecule has 0 aromatic heterocycles. The normalized spacial score (nSPS) is 31.5. The second-order valence-corrected chi connectivity index (χ2v) is 5.38. The van der Waals surface area contributed by atoms with E-state index in [1.807, 2.05) is 0 Å². The Morgan fingerprint density at radius 3 is 2.64 bits per heavy atom. The fourth-order valence-electron chi connectivity index (χ4n) is 3.03. The predicted octanol–water partition coefficient (Wildman–Crippen LogP) is 2.63. The molecule has 1 unspecified atom stereocenters. The van der Waals surface area contributed by atoms with Gasteiger partial charge in [0.15, 0.2) is 0 Å². The van der Waals surface area contributed by atoms with E-state index in [9.17, 15) is 4.79 Å². The minimum atomic E-state index is 0.259. The lowest BCUT2D eigenvalue weighted by Crippen LogP contribution is -2.33. The van der Waals surface area contributed by atoms with Crippen LogP contribution in [0.25, 0.3) is 0 Å². The molecule has 2 nitrogen and oxygen atoms in total. The maximum atomic E-state index is 11.1. The number of nitrogens with one attached hydrogen (secondary N) is 1. The minimum absolute atomic E-state index is 0.259. The van der Waals surface area contributed by atoms with Gasteiger partial charge in [-0.1, -0.05) is 26.2 Å². The summed E-state index contributed by atoms with van der Waals surface area (Å²) in [7, 11) is 0. The van der Waals surface area contributed by atoms with Crippen LogP contribution in [-0.4, -0.2) is 11.9 Å². The van der Waals surface area contributed by atoms with Crippen molar-refractivity contribution < 1.29 is 4.79 Å². The van der Waals surface area contributed by atoms with E-state index in [1.165, 1.54) is 38.5 Å². The molecule has 1 amide bonds. The fraction of sp³-hybridized carbons (Fsp3) is 0.917. The van der Waals surface area contributed by atoms with Crippen LogP contribution in [0.1, 0.15) is 58.3 Å². The molecule has 0 aromatic rings. The summed E-state index contributed by atoms with van der Waals surface area (Å²) < 4.78 is 0. The lowest BCUT2D eigenvalue weighted by atomic mass is 9.72. The summed E-state index contributed by atoms with van der Waals surface area (Å²) in [6, 6.07) is 0.477. The molecule has 1 saturated carbocycles. The van der Waals surface area contributed by atoms with Gasteiger partial charge in [0.05, 0.1) is 0 Å². The first-order chi connectivity index (χ1) is 6.68. The monoisotopic (exact) mass is 195 g/mol. The highest BCUT2D eigenvalue weighted by Crippen LogP contribution is 2.40. The van der Waals surface area contributed by atoms with Crippen LogP contribution in [0.2, 0.25) is 0 Å². The molecule has 0 radical (unpaired) electrons. The lowest BCUT2D eigenvalue weighted by molar-refractivity contribution is -0.119. The molecule has 2 rings (SSSR count). The van der Waals surface area contributed by atoms with Crippen LogP contribution in [0.5, 0.6) is 0 Å². The maximum Gasteiger partial charge on any atom is 0.220 e.